The van der Waals surface area contributed by atoms with E-state index in [0.717, 1.165) is 17.7 Å². The van der Waals surface area contributed by atoms with Crippen molar-refractivity contribution in [1.29, 1.82) is 0 Å². The van der Waals surface area contributed by atoms with Gasteiger partial charge in [-0.2, -0.15) is 13.2 Å². The molecule has 0 aliphatic carbocycles. The van der Waals surface area contributed by atoms with Crippen molar-refractivity contribution in [1.82, 2.24) is 0 Å². The van der Waals surface area contributed by atoms with Crippen molar-refractivity contribution in [3.63, 3.8) is 0 Å². The van der Waals surface area contributed by atoms with Crippen LogP contribution in [0.3, 0.4) is 0 Å². The summed E-state index contributed by atoms with van der Waals surface area (Å²) in [5.74, 6) is -0.518. The lowest BCUT2D eigenvalue weighted by atomic mass is 10.1. The van der Waals surface area contributed by atoms with E-state index in [1.807, 2.05) is 13.0 Å². The highest BCUT2D eigenvalue weighted by atomic mass is 35.5. The molecule has 128 valence electrons. The van der Waals surface area contributed by atoms with Crippen LogP contribution in [-0.2, 0) is 11.0 Å². The first-order chi connectivity index (χ1) is 11.3. The van der Waals surface area contributed by atoms with Gasteiger partial charge < -0.3 is 10.6 Å². The zero-order valence-electron chi connectivity index (χ0n) is 12.9. The lowest BCUT2D eigenvalue weighted by Gasteiger charge is -2.18. The Morgan fingerprint density at radius 1 is 1.21 bits per heavy atom. The van der Waals surface area contributed by atoms with Gasteiger partial charge in [-0.1, -0.05) is 41.9 Å². The Morgan fingerprint density at radius 3 is 2.46 bits per heavy atom. The molecule has 0 aliphatic heterocycles. The molecule has 0 radical (unpaired) electrons. The number of quaternary nitrogens is 1. The third-order valence-electron chi connectivity index (χ3n) is 3.46. The Kier molecular flexibility index (Phi) is 5.85. The summed E-state index contributed by atoms with van der Waals surface area (Å²) in [6.07, 6.45) is -4.61. The Labute approximate surface area is 142 Å². The fraction of sp³-hybridized carbons (Fsp3) is 0.235. The molecule has 1 amide bonds. The maximum atomic E-state index is 13.1. The van der Waals surface area contributed by atoms with Crippen LogP contribution in [0.1, 0.15) is 24.1 Å². The Hall–Kier alpha value is -2.05. The van der Waals surface area contributed by atoms with E-state index in [1.165, 1.54) is 6.07 Å². The molecule has 1 atom stereocenters. The highest BCUT2D eigenvalue weighted by Gasteiger charge is 2.35. The minimum absolute atomic E-state index is 0.0416. The van der Waals surface area contributed by atoms with E-state index in [2.05, 4.69) is 5.32 Å². The molecule has 2 aromatic rings. The first-order valence-electron chi connectivity index (χ1n) is 7.38. The van der Waals surface area contributed by atoms with Crippen LogP contribution in [0.2, 0.25) is 5.02 Å². The summed E-state index contributed by atoms with van der Waals surface area (Å²) < 4.78 is 39.4. The van der Waals surface area contributed by atoms with Crippen LogP contribution < -0.4 is 10.6 Å². The lowest BCUT2D eigenvalue weighted by Crippen LogP contribution is -2.86. The quantitative estimate of drug-likeness (QED) is 0.843. The maximum Gasteiger partial charge on any atom is 0.418 e. The van der Waals surface area contributed by atoms with Crippen LogP contribution in [0.4, 0.5) is 18.9 Å². The minimum atomic E-state index is -4.61. The highest BCUT2D eigenvalue weighted by Crippen LogP contribution is 2.36. The Morgan fingerprint density at radius 2 is 1.88 bits per heavy atom. The molecular weight excluding hydrogens is 341 g/mol. The average molecular weight is 358 g/mol. The van der Waals surface area contributed by atoms with Crippen LogP contribution in [0.5, 0.6) is 0 Å². The van der Waals surface area contributed by atoms with Crippen molar-refractivity contribution in [2.45, 2.75) is 19.1 Å². The van der Waals surface area contributed by atoms with Crippen molar-refractivity contribution in [2.24, 2.45) is 0 Å². The van der Waals surface area contributed by atoms with E-state index in [-0.39, 0.29) is 10.7 Å². The van der Waals surface area contributed by atoms with Crippen LogP contribution in [0.15, 0.2) is 48.5 Å². The van der Waals surface area contributed by atoms with Gasteiger partial charge in [0.25, 0.3) is 5.91 Å². The molecule has 0 saturated heterocycles. The van der Waals surface area contributed by atoms with Gasteiger partial charge in [0.2, 0.25) is 0 Å². The Bertz CT molecular complexity index is 705. The number of rotatable bonds is 5. The second-order valence-corrected chi connectivity index (χ2v) is 5.65. The number of alkyl halides is 3. The number of likely N-dealkylation sites (N-methyl/N-ethyl adjacent to an activating group) is 1. The molecule has 2 aromatic carbocycles. The monoisotopic (exact) mass is 357 g/mol. The number of carbonyl (C=O) groups excluding carboxylic acids is 1. The molecular formula is C17H17ClF3N2O+. The normalized spacial score (nSPS) is 12.7. The molecule has 0 spiro atoms. The van der Waals surface area contributed by atoms with Gasteiger partial charge in [-0.15, -0.1) is 0 Å². The first-order valence-corrected chi connectivity index (χ1v) is 7.76. The average Bonchev–Trinajstić information content (AvgIpc) is 2.54. The molecule has 0 aliphatic rings. The number of carbonyl (C=O) groups is 1. The van der Waals surface area contributed by atoms with Crippen molar-refractivity contribution in [3.05, 3.63) is 64.7 Å². The predicted molar refractivity (Wildman–Crippen MR) is 86.7 cm³/mol. The molecule has 7 heteroatoms. The number of amides is 1. The number of nitrogens with one attached hydrogen (secondary N) is 1. The molecule has 0 aromatic heterocycles. The third-order valence-corrected chi connectivity index (χ3v) is 3.69. The van der Waals surface area contributed by atoms with Gasteiger partial charge >= 0.3 is 6.18 Å². The van der Waals surface area contributed by atoms with E-state index in [4.69, 9.17) is 11.6 Å². The molecule has 3 nitrogen and oxygen atoms in total. The topological polar surface area (TPSA) is 45.7 Å². The van der Waals surface area contributed by atoms with E-state index in [1.54, 1.807) is 29.6 Å². The maximum absolute atomic E-state index is 13.1. The van der Waals surface area contributed by atoms with Crippen molar-refractivity contribution in [2.75, 3.05) is 11.9 Å². The van der Waals surface area contributed by atoms with Crippen molar-refractivity contribution < 1.29 is 23.3 Å². The molecule has 0 heterocycles. The number of halogens is 4. The van der Waals surface area contributed by atoms with Gasteiger partial charge in [-0.3, -0.25) is 4.79 Å². The van der Waals surface area contributed by atoms with Gasteiger partial charge in [0.15, 0.2) is 6.04 Å². The molecule has 0 bridgehead atoms. The Balaban J connectivity index is 2.31. The zero-order valence-corrected chi connectivity index (χ0v) is 13.7. The summed E-state index contributed by atoms with van der Waals surface area (Å²) in [5, 5.41) is 4.10. The molecule has 0 unspecified atom stereocenters. The lowest BCUT2D eigenvalue weighted by molar-refractivity contribution is -0.679. The summed E-state index contributed by atoms with van der Waals surface area (Å²) in [6, 6.07) is 11.6. The predicted octanol–water partition coefficient (Wildman–Crippen LogP) is 3.62. The fourth-order valence-electron chi connectivity index (χ4n) is 2.36. The molecule has 2 rings (SSSR count). The summed E-state index contributed by atoms with van der Waals surface area (Å²) >= 11 is 5.65. The summed E-state index contributed by atoms with van der Waals surface area (Å²) in [6.45, 7) is 2.48. The van der Waals surface area contributed by atoms with Gasteiger partial charge in [0.05, 0.1) is 17.8 Å². The largest absolute Gasteiger partial charge is 0.418 e. The van der Waals surface area contributed by atoms with E-state index in [9.17, 15) is 18.0 Å². The van der Waals surface area contributed by atoms with Crippen LogP contribution in [0.25, 0.3) is 0 Å². The number of hydrogen-bond donors (Lipinski definition) is 2. The van der Waals surface area contributed by atoms with Crippen LogP contribution in [0, 0.1) is 0 Å². The molecule has 24 heavy (non-hydrogen) atoms. The summed E-state index contributed by atoms with van der Waals surface area (Å²) in [4.78, 5) is 12.5. The number of nitrogens with two attached hydrogens (primary N) is 1. The van der Waals surface area contributed by atoms with E-state index < -0.39 is 23.7 Å². The van der Waals surface area contributed by atoms with Crippen molar-refractivity contribution in [3.8, 4) is 0 Å². The van der Waals surface area contributed by atoms with Crippen LogP contribution >= 0.6 is 11.6 Å². The molecule has 0 fully saturated rings. The molecule has 0 saturated carbocycles. The summed E-state index contributed by atoms with van der Waals surface area (Å²) in [7, 11) is 0. The van der Waals surface area contributed by atoms with Gasteiger partial charge in [-0.25, -0.2) is 0 Å². The van der Waals surface area contributed by atoms with E-state index in [0.29, 0.717) is 6.54 Å². The second kappa shape index (κ2) is 7.68. The van der Waals surface area contributed by atoms with Crippen molar-refractivity contribution >= 4 is 23.2 Å². The fourth-order valence-corrected chi connectivity index (χ4v) is 2.53. The highest BCUT2D eigenvalue weighted by molar-refractivity contribution is 6.30. The standard InChI is InChI=1S/C17H16ClF3N2O/c1-2-22-15(11-6-4-3-5-7-11)16(24)23-14-9-8-12(18)10-13(14)17(19,20)21/h3-10,15,22H,2H2,1H3,(H,23,24)/p+1/t15-/m0/s1. The van der Waals surface area contributed by atoms with Gasteiger partial charge in [-0.05, 0) is 25.1 Å². The minimum Gasteiger partial charge on any atom is -0.332 e. The third kappa shape index (κ3) is 4.49. The van der Waals surface area contributed by atoms with Gasteiger partial charge in [0.1, 0.15) is 0 Å². The van der Waals surface area contributed by atoms with E-state index >= 15 is 0 Å². The smallest absolute Gasteiger partial charge is 0.332 e. The zero-order chi connectivity index (χ0) is 17.7. The SMILES string of the molecule is CC[NH2+][C@H](C(=O)Nc1ccc(Cl)cc1C(F)(F)F)c1ccccc1. The number of anilines is 1. The second-order valence-electron chi connectivity index (χ2n) is 5.21. The van der Waals surface area contributed by atoms with Crippen LogP contribution in [-0.4, -0.2) is 12.5 Å². The number of benzene rings is 2. The number of hydrogen-bond acceptors (Lipinski definition) is 1. The van der Waals surface area contributed by atoms with Gasteiger partial charge in [0, 0.05) is 10.6 Å². The first kappa shape index (κ1) is 18.3. The summed E-state index contributed by atoms with van der Waals surface area (Å²) in [5.41, 5.74) is -0.548. The molecule has 3 N–H and O–H groups in total.